The van der Waals surface area contributed by atoms with Gasteiger partial charge in [-0.05, 0) is 11.7 Å². The van der Waals surface area contributed by atoms with Crippen LogP contribution in [0, 0.1) is 5.92 Å². The molecule has 0 aliphatic rings. The number of carboxylic acid groups (broad SMARTS) is 1. The molecule has 0 aliphatic heterocycles. The highest BCUT2D eigenvalue weighted by atomic mass is 35.5. The van der Waals surface area contributed by atoms with E-state index in [-0.39, 0.29) is 0 Å². The molecule has 0 aromatic carbocycles. The first kappa shape index (κ1) is 12.1. The fraction of sp³-hybridized carbons (Fsp3) is 0.875. The van der Waals surface area contributed by atoms with Crippen molar-refractivity contribution >= 4 is 29.3 Å². The van der Waals surface area contributed by atoms with E-state index in [1.54, 1.807) is 11.8 Å². The highest BCUT2D eigenvalue weighted by Gasteiger charge is 2.13. The zero-order valence-corrected chi connectivity index (χ0v) is 8.99. The molecule has 2 unspecified atom stereocenters. The number of halogens is 1. The highest BCUT2D eigenvalue weighted by molar-refractivity contribution is 7.99. The Labute approximate surface area is 82.7 Å². The minimum Gasteiger partial charge on any atom is -0.480 e. The van der Waals surface area contributed by atoms with E-state index in [1.807, 2.05) is 0 Å². The van der Waals surface area contributed by atoms with E-state index in [1.165, 1.54) is 0 Å². The molecule has 0 saturated heterocycles. The highest BCUT2D eigenvalue weighted by Crippen LogP contribution is 2.14. The van der Waals surface area contributed by atoms with Crippen LogP contribution in [0.5, 0.6) is 0 Å². The topological polar surface area (TPSA) is 37.3 Å². The summed E-state index contributed by atoms with van der Waals surface area (Å²) in [4.78, 5) is 10.3. The third-order valence-electron chi connectivity index (χ3n) is 1.63. The summed E-state index contributed by atoms with van der Waals surface area (Å²) in [6.45, 7) is 4.28. The number of carboxylic acids is 1. The van der Waals surface area contributed by atoms with Crippen LogP contribution in [0.15, 0.2) is 0 Å². The Balaban J connectivity index is 3.37. The summed E-state index contributed by atoms with van der Waals surface area (Å²) in [6, 6.07) is 0. The van der Waals surface area contributed by atoms with Crippen molar-refractivity contribution in [3.8, 4) is 0 Å². The van der Waals surface area contributed by atoms with E-state index < -0.39 is 11.3 Å². The Hall–Kier alpha value is 0.110. The van der Waals surface area contributed by atoms with Crippen LogP contribution >= 0.6 is 23.4 Å². The fourth-order valence-electron chi connectivity index (χ4n) is 0.562. The van der Waals surface area contributed by atoms with Crippen LogP contribution in [0.4, 0.5) is 0 Å². The van der Waals surface area contributed by atoms with Gasteiger partial charge >= 0.3 is 5.97 Å². The van der Waals surface area contributed by atoms with Gasteiger partial charge in [-0.25, -0.2) is 0 Å². The number of thioether (sulfide) groups is 1. The van der Waals surface area contributed by atoms with Gasteiger partial charge in [0.15, 0.2) is 0 Å². The normalized spacial score (nSPS) is 15.6. The molecule has 0 heterocycles. The summed E-state index contributed by atoms with van der Waals surface area (Å²) in [5.41, 5.74) is 0. The van der Waals surface area contributed by atoms with Crippen LogP contribution in [0.3, 0.4) is 0 Å². The van der Waals surface area contributed by atoms with E-state index in [0.29, 0.717) is 11.7 Å². The molecule has 0 aliphatic carbocycles. The zero-order chi connectivity index (χ0) is 9.56. The molecule has 0 spiro atoms. The molecule has 72 valence electrons. The summed E-state index contributed by atoms with van der Waals surface area (Å²) in [5.74, 6) is 1.22. The van der Waals surface area contributed by atoms with Gasteiger partial charge in [-0.3, -0.25) is 4.79 Å². The molecule has 0 saturated carbocycles. The quantitative estimate of drug-likeness (QED) is 0.685. The van der Waals surface area contributed by atoms with Crippen molar-refractivity contribution in [1.82, 2.24) is 0 Å². The van der Waals surface area contributed by atoms with Gasteiger partial charge in [0.1, 0.15) is 5.38 Å². The van der Waals surface area contributed by atoms with Gasteiger partial charge < -0.3 is 5.11 Å². The Morgan fingerprint density at radius 2 is 2.17 bits per heavy atom. The number of alkyl halides is 1. The number of hydrogen-bond acceptors (Lipinski definition) is 2. The van der Waals surface area contributed by atoms with Crippen molar-refractivity contribution in [2.24, 2.45) is 5.92 Å². The number of aliphatic carboxylic acids is 1. The van der Waals surface area contributed by atoms with Crippen LogP contribution in [0.2, 0.25) is 0 Å². The number of hydrogen-bond donors (Lipinski definition) is 1. The lowest BCUT2D eigenvalue weighted by atomic mass is 10.2. The average Bonchev–Trinajstić information content (AvgIpc) is 2.03. The van der Waals surface area contributed by atoms with E-state index in [0.717, 1.165) is 12.2 Å². The largest absolute Gasteiger partial charge is 0.480 e. The summed E-state index contributed by atoms with van der Waals surface area (Å²) >= 11 is 7.13. The van der Waals surface area contributed by atoms with Gasteiger partial charge in [0.25, 0.3) is 0 Å². The van der Waals surface area contributed by atoms with Gasteiger partial charge in [0.05, 0.1) is 0 Å². The molecular weight excluding hydrogens is 196 g/mol. The lowest BCUT2D eigenvalue weighted by molar-refractivity contribution is -0.136. The van der Waals surface area contributed by atoms with Gasteiger partial charge in [0.2, 0.25) is 0 Å². The molecule has 0 amide bonds. The van der Waals surface area contributed by atoms with Crippen molar-refractivity contribution in [3.05, 3.63) is 0 Å². The molecule has 0 aromatic rings. The molecule has 0 aromatic heterocycles. The summed E-state index contributed by atoms with van der Waals surface area (Å²) in [5, 5.41) is 7.72. The molecule has 4 heteroatoms. The third kappa shape index (κ3) is 5.72. The Kier molecular flexibility index (Phi) is 6.67. The number of carbonyl (C=O) groups is 1. The first-order chi connectivity index (χ1) is 5.57. The maximum atomic E-state index is 10.3. The Morgan fingerprint density at radius 3 is 2.58 bits per heavy atom. The van der Waals surface area contributed by atoms with Crippen LogP contribution in [-0.4, -0.2) is 28.0 Å². The first-order valence-electron chi connectivity index (χ1n) is 4.02. The molecule has 12 heavy (non-hydrogen) atoms. The Morgan fingerprint density at radius 1 is 1.58 bits per heavy atom. The molecule has 0 rings (SSSR count). The van der Waals surface area contributed by atoms with Gasteiger partial charge in [-0.15, -0.1) is 11.6 Å². The second-order valence-electron chi connectivity index (χ2n) is 2.86. The summed E-state index contributed by atoms with van der Waals surface area (Å²) in [6.07, 6.45) is 1.13. The van der Waals surface area contributed by atoms with Crippen molar-refractivity contribution in [3.63, 3.8) is 0 Å². The summed E-state index contributed by atoms with van der Waals surface area (Å²) in [7, 11) is 0. The molecule has 2 nitrogen and oxygen atoms in total. The van der Waals surface area contributed by atoms with Gasteiger partial charge in [-0.1, -0.05) is 20.3 Å². The van der Waals surface area contributed by atoms with Crippen molar-refractivity contribution < 1.29 is 9.90 Å². The predicted octanol–water partition coefficient (Wildman–Crippen LogP) is 2.46. The van der Waals surface area contributed by atoms with Gasteiger partial charge in [-0.2, -0.15) is 11.8 Å². The second kappa shape index (κ2) is 6.61. The van der Waals surface area contributed by atoms with Crippen LogP contribution in [0.25, 0.3) is 0 Å². The maximum absolute atomic E-state index is 10.3. The SMILES string of the molecule is CCC(C)CSCC(Cl)C(=O)O. The number of rotatable bonds is 6. The van der Waals surface area contributed by atoms with E-state index in [9.17, 15) is 4.79 Å². The Bertz CT molecular complexity index is 141. The molecule has 0 fully saturated rings. The molecule has 1 N–H and O–H groups in total. The monoisotopic (exact) mass is 210 g/mol. The third-order valence-corrected chi connectivity index (χ3v) is 3.53. The lowest BCUT2D eigenvalue weighted by Gasteiger charge is -2.08. The average molecular weight is 211 g/mol. The van der Waals surface area contributed by atoms with E-state index >= 15 is 0 Å². The van der Waals surface area contributed by atoms with Crippen molar-refractivity contribution in [2.45, 2.75) is 25.6 Å². The van der Waals surface area contributed by atoms with E-state index in [2.05, 4.69) is 13.8 Å². The smallest absolute Gasteiger partial charge is 0.322 e. The van der Waals surface area contributed by atoms with Crippen LogP contribution in [-0.2, 0) is 4.79 Å². The van der Waals surface area contributed by atoms with Crippen LogP contribution in [0.1, 0.15) is 20.3 Å². The lowest BCUT2D eigenvalue weighted by Crippen LogP contribution is -2.16. The maximum Gasteiger partial charge on any atom is 0.322 e. The second-order valence-corrected chi connectivity index (χ2v) is 4.46. The summed E-state index contributed by atoms with van der Waals surface area (Å²) < 4.78 is 0. The van der Waals surface area contributed by atoms with Crippen LogP contribution < -0.4 is 0 Å². The first-order valence-corrected chi connectivity index (χ1v) is 5.61. The van der Waals surface area contributed by atoms with Crippen molar-refractivity contribution in [2.75, 3.05) is 11.5 Å². The molecule has 0 radical (unpaired) electrons. The molecular formula is C8H15ClO2S. The van der Waals surface area contributed by atoms with E-state index in [4.69, 9.17) is 16.7 Å². The minimum absolute atomic E-state index is 0.501. The zero-order valence-electron chi connectivity index (χ0n) is 7.42. The predicted molar refractivity (Wildman–Crippen MR) is 54.1 cm³/mol. The van der Waals surface area contributed by atoms with Crippen molar-refractivity contribution in [1.29, 1.82) is 0 Å². The molecule has 2 atom stereocenters. The minimum atomic E-state index is -0.923. The van der Waals surface area contributed by atoms with Gasteiger partial charge in [0, 0.05) is 5.75 Å². The standard InChI is InChI=1S/C8H15ClO2S/c1-3-6(2)4-12-5-7(9)8(10)11/h6-7H,3-5H2,1-2H3,(H,10,11). The fourth-order valence-corrected chi connectivity index (χ4v) is 1.95. The molecule has 0 bridgehead atoms.